The van der Waals surface area contributed by atoms with Crippen LogP contribution in [0.25, 0.3) is 0 Å². The van der Waals surface area contributed by atoms with E-state index in [0.29, 0.717) is 0 Å². The lowest BCUT2D eigenvalue weighted by atomic mass is 10.0. The van der Waals surface area contributed by atoms with E-state index in [-0.39, 0.29) is 0 Å². The van der Waals surface area contributed by atoms with Crippen molar-refractivity contribution in [3.8, 4) is 5.75 Å². The molecule has 2 rings (SSSR count). The van der Waals surface area contributed by atoms with Gasteiger partial charge in [0.15, 0.2) is 0 Å². The predicted molar refractivity (Wildman–Crippen MR) is 76.4 cm³/mol. The Kier molecular flexibility index (Phi) is 4.24. The van der Waals surface area contributed by atoms with Crippen molar-refractivity contribution in [2.75, 3.05) is 19.0 Å². The largest absolute Gasteiger partial charge is 0.495 e. The third-order valence-electron chi connectivity index (χ3n) is 2.88. The SMILES string of the molecule is CCNc1cc(Cc2ccccc2)ccc1OC. The van der Waals surface area contributed by atoms with Crippen molar-refractivity contribution >= 4 is 5.69 Å². The smallest absolute Gasteiger partial charge is 0.141 e. The van der Waals surface area contributed by atoms with Gasteiger partial charge in [-0.15, -0.1) is 0 Å². The normalized spacial score (nSPS) is 10.1. The van der Waals surface area contributed by atoms with E-state index in [2.05, 4.69) is 48.6 Å². The Bertz CT molecular complexity index is 494. The predicted octanol–water partition coefficient (Wildman–Crippen LogP) is 3.72. The number of rotatable bonds is 5. The minimum Gasteiger partial charge on any atom is -0.495 e. The van der Waals surface area contributed by atoms with Gasteiger partial charge in [-0.05, 0) is 36.6 Å². The van der Waals surface area contributed by atoms with E-state index in [9.17, 15) is 0 Å². The standard InChI is InChI=1S/C16H19NO/c1-3-17-15-12-14(9-10-16(15)18-2)11-13-7-5-4-6-8-13/h4-10,12,17H,3,11H2,1-2H3. The topological polar surface area (TPSA) is 21.3 Å². The van der Waals surface area contributed by atoms with Crippen LogP contribution in [0.15, 0.2) is 48.5 Å². The summed E-state index contributed by atoms with van der Waals surface area (Å²) in [6, 6.07) is 16.8. The first-order valence-corrected chi connectivity index (χ1v) is 6.28. The molecule has 0 saturated heterocycles. The molecule has 0 heterocycles. The molecule has 2 heteroatoms. The maximum Gasteiger partial charge on any atom is 0.141 e. The van der Waals surface area contributed by atoms with Gasteiger partial charge in [0.25, 0.3) is 0 Å². The van der Waals surface area contributed by atoms with Gasteiger partial charge in [-0.3, -0.25) is 0 Å². The Morgan fingerprint density at radius 2 is 1.78 bits per heavy atom. The van der Waals surface area contributed by atoms with Crippen LogP contribution >= 0.6 is 0 Å². The summed E-state index contributed by atoms with van der Waals surface area (Å²) < 4.78 is 5.34. The van der Waals surface area contributed by atoms with E-state index in [1.807, 2.05) is 12.1 Å². The van der Waals surface area contributed by atoms with Crippen molar-refractivity contribution in [2.24, 2.45) is 0 Å². The first kappa shape index (κ1) is 12.5. The highest BCUT2D eigenvalue weighted by Gasteiger charge is 2.04. The molecule has 0 radical (unpaired) electrons. The Balaban J connectivity index is 2.21. The first-order chi connectivity index (χ1) is 8.83. The lowest BCUT2D eigenvalue weighted by Crippen LogP contribution is -2.00. The maximum absolute atomic E-state index is 5.34. The van der Waals surface area contributed by atoms with Gasteiger partial charge in [0.2, 0.25) is 0 Å². The molecule has 0 aliphatic carbocycles. The van der Waals surface area contributed by atoms with Gasteiger partial charge in [-0.1, -0.05) is 36.4 Å². The summed E-state index contributed by atoms with van der Waals surface area (Å²) in [5, 5.41) is 3.33. The summed E-state index contributed by atoms with van der Waals surface area (Å²) in [6.07, 6.45) is 0.948. The van der Waals surface area contributed by atoms with Crippen LogP contribution in [0.5, 0.6) is 5.75 Å². The van der Waals surface area contributed by atoms with Crippen molar-refractivity contribution in [2.45, 2.75) is 13.3 Å². The summed E-state index contributed by atoms with van der Waals surface area (Å²) >= 11 is 0. The van der Waals surface area contributed by atoms with Crippen molar-refractivity contribution in [1.82, 2.24) is 0 Å². The molecular weight excluding hydrogens is 222 g/mol. The highest BCUT2D eigenvalue weighted by Crippen LogP contribution is 2.26. The van der Waals surface area contributed by atoms with Crippen molar-refractivity contribution in [3.05, 3.63) is 59.7 Å². The van der Waals surface area contributed by atoms with Gasteiger partial charge < -0.3 is 10.1 Å². The number of anilines is 1. The average molecular weight is 241 g/mol. The summed E-state index contributed by atoms with van der Waals surface area (Å²) in [4.78, 5) is 0. The van der Waals surface area contributed by atoms with Crippen LogP contribution in [0, 0.1) is 0 Å². The van der Waals surface area contributed by atoms with E-state index in [1.54, 1.807) is 7.11 Å². The van der Waals surface area contributed by atoms with Gasteiger partial charge in [0.05, 0.1) is 12.8 Å². The monoisotopic (exact) mass is 241 g/mol. The molecule has 18 heavy (non-hydrogen) atoms. The number of nitrogens with one attached hydrogen (secondary N) is 1. The van der Waals surface area contributed by atoms with E-state index in [1.165, 1.54) is 11.1 Å². The van der Waals surface area contributed by atoms with Crippen LogP contribution in [0.2, 0.25) is 0 Å². The van der Waals surface area contributed by atoms with Crippen molar-refractivity contribution in [1.29, 1.82) is 0 Å². The van der Waals surface area contributed by atoms with E-state index in [0.717, 1.165) is 24.4 Å². The number of hydrogen-bond acceptors (Lipinski definition) is 2. The van der Waals surface area contributed by atoms with Gasteiger partial charge in [-0.2, -0.15) is 0 Å². The molecule has 0 saturated carbocycles. The van der Waals surface area contributed by atoms with E-state index >= 15 is 0 Å². The molecule has 2 aromatic carbocycles. The van der Waals surface area contributed by atoms with Gasteiger partial charge in [-0.25, -0.2) is 0 Å². The summed E-state index contributed by atoms with van der Waals surface area (Å²) in [5.74, 6) is 0.897. The highest BCUT2D eigenvalue weighted by atomic mass is 16.5. The Morgan fingerprint density at radius 3 is 2.44 bits per heavy atom. The minimum absolute atomic E-state index is 0.894. The van der Waals surface area contributed by atoms with Crippen LogP contribution in [0.3, 0.4) is 0 Å². The molecule has 0 spiro atoms. The quantitative estimate of drug-likeness (QED) is 0.861. The number of methoxy groups -OCH3 is 1. The molecule has 94 valence electrons. The second-order valence-electron chi connectivity index (χ2n) is 4.23. The fourth-order valence-corrected chi connectivity index (χ4v) is 2.03. The minimum atomic E-state index is 0.894. The average Bonchev–Trinajstić information content (AvgIpc) is 2.41. The molecule has 0 bridgehead atoms. The zero-order valence-corrected chi connectivity index (χ0v) is 10.9. The second-order valence-corrected chi connectivity index (χ2v) is 4.23. The summed E-state index contributed by atoms with van der Waals surface area (Å²) in [5.41, 5.74) is 3.68. The highest BCUT2D eigenvalue weighted by molar-refractivity contribution is 5.58. The Morgan fingerprint density at radius 1 is 1.00 bits per heavy atom. The number of ether oxygens (including phenoxy) is 1. The first-order valence-electron chi connectivity index (χ1n) is 6.28. The number of hydrogen-bond donors (Lipinski definition) is 1. The fraction of sp³-hybridized carbons (Fsp3) is 0.250. The maximum atomic E-state index is 5.34. The van der Waals surface area contributed by atoms with Gasteiger partial charge >= 0.3 is 0 Å². The summed E-state index contributed by atoms with van der Waals surface area (Å²) in [6.45, 7) is 2.98. The molecule has 0 fully saturated rings. The molecule has 2 aromatic rings. The molecule has 0 atom stereocenters. The molecule has 0 aliphatic heterocycles. The molecule has 0 aromatic heterocycles. The van der Waals surface area contributed by atoms with Gasteiger partial charge in [0, 0.05) is 6.54 Å². The van der Waals surface area contributed by atoms with Crippen molar-refractivity contribution in [3.63, 3.8) is 0 Å². The van der Waals surface area contributed by atoms with Crippen LogP contribution in [-0.4, -0.2) is 13.7 Å². The zero-order chi connectivity index (χ0) is 12.8. The molecule has 0 aliphatic rings. The lowest BCUT2D eigenvalue weighted by Gasteiger charge is -2.11. The molecular formula is C16H19NO. The number of benzene rings is 2. The van der Waals surface area contributed by atoms with Crippen molar-refractivity contribution < 1.29 is 4.74 Å². The second kappa shape index (κ2) is 6.10. The van der Waals surface area contributed by atoms with Crippen LogP contribution < -0.4 is 10.1 Å². The van der Waals surface area contributed by atoms with Crippen LogP contribution in [0.4, 0.5) is 5.69 Å². The third kappa shape index (κ3) is 3.04. The van der Waals surface area contributed by atoms with Crippen LogP contribution in [0.1, 0.15) is 18.1 Å². The van der Waals surface area contributed by atoms with Gasteiger partial charge in [0.1, 0.15) is 5.75 Å². The zero-order valence-electron chi connectivity index (χ0n) is 10.9. The summed E-state index contributed by atoms with van der Waals surface area (Å²) in [7, 11) is 1.70. The lowest BCUT2D eigenvalue weighted by molar-refractivity contribution is 0.416. The Labute approximate surface area is 109 Å². The Hall–Kier alpha value is -1.96. The van der Waals surface area contributed by atoms with E-state index in [4.69, 9.17) is 4.74 Å². The fourth-order valence-electron chi connectivity index (χ4n) is 2.03. The van der Waals surface area contributed by atoms with E-state index < -0.39 is 0 Å². The molecule has 2 nitrogen and oxygen atoms in total. The van der Waals surface area contributed by atoms with Crippen LogP contribution in [-0.2, 0) is 6.42 Å². The third-order valence-corrected chi connectivity index (χ3v) is 2.88. The molecule has 0 unspecified atom stereocenters. The molecule has 1 N–H and O–H groups in total. The molecule has 0 amide bonds.